The molecule has 0 atom stereocenters. The lowest BCUT2D eigenvalue weighted by Crippen LogP contribution is -2.18. The van der Waals surface area contributed by atoms with Gasteiger partial charge in [-0.05, 0) is 13.8 Å². The third kappa shape index (κ3) is 1.45. The van der Waals surface area contributed by atoms with Crippen LogP contribution in [0.4, 0.5) is 5.82 Å². The van der Waals surface area contributed by atoms with Crippen molar-refractivity contribution < 1.29 is 0 Å². The van der Waals surface area contributed by atoms with Gasteiger partial charge in [0.05, 0.1) is 6.33 Å². The van der Waals surface area contributed by atoms with Crippen molar-refractivity contribution in [2.75, 3.05) is 5.73 Å². The second-order valence-corrected chi connectivity index (χ2v) is 3.96. The fourth-order valence-corrected chi connectivity index (χ4v) is 1.24. The molecule has 2 rings (SSSR count). The van der Waals surface area contributed by atoms with Crippen LogP contribution in [0, 0.1) is 0 Å². The third-order valence-electron chi connectivity index (χ3n) is 2.40. The van der Waals surface area contributed by atoms with Crippen molar-refractivity contribution in [2.45, 2.75) is 19.3 Å². The number of aromatic amines is 1. The van der Waals surface area contributed by atoms with Crippen LogP contribution in [0.1, 0.15) is 19.7 Å². The Labute approximate surface area is 87.5 Å². The van der Waals surface area contributed by atoms with Crippen LogP contribution in [-0.4, -0.2) is 19.9 Å². The monoisotopic (exact) mass is 203 g/mol. The highest BCUT2D eigenvalue weighted by Gasteiger charge is 2.21. The number of nitrogen functional groups attached to an aromatic ring is 1. The zero-order chi connectivity index (χ0) is 11.1. The summed E-state index contributed by atoms with van der Waals surface area (Å²) in [6.45, 7) is 7.72. The highest BCUT2D eigenvalue weighted by atomic mass is 15.1. The van der Waals surface area contributed by atoms with E-state index in [1.165, 1.54) is 0 Å². The average Bonchev–Trinajstić information content (AvgIpc) is 2.66. The number of aromatic nitrogens is 4. The summed E-state index contributed by atoms with van der Waals surface area (Å²) in [5.41, 5.74) is 6.76. The Hall–Kier alpha value is -1.91. The first kappa shape index (κ1) is 9.64. The molecule has 0 bridgehead atoms. The minimum absolute atomic E-state index is 0.304. The summed E-state index contributed by atoms with van der Waals surface area (Å²) in [6, 6.07) is 0. The Morgan fingerprint density at radius 3 is 2.87 bits per heavy atom. The van der Waals surface area contributed by atoms with Gasteiger partial charge in [0.2, 0.25) is 0 Å². The number of rotatable bonds is 2. The molecule has 2 aromatic rings. The molecule has 0 unspecified atom stereocenters. The fraction of sp³-hybridized carbons (Fsp3) is 0.300. The summed E-state index contributed by atoms with van der Waals surface area (Å²) in [5, 5.41) is 0. The average molecular weight is 203 g/mol. The van der Waals surface area contributed by atoms with Crippen molar-refractivity contribution in [3.8, 4) is 0 Å². The number of hydrogen-bond acceptors (Lipinski definition) is 4. The number of nitrogens with one attached hydrogen (secondary N) is 1. The van der Waals surface area contributed by atoms with Gasteiger partial charge in [0, 0.05) is 5.41 Å². The van der Waals surface area contributed by atoms with Crippen molar-refractivity contribution in [1.82, 2.24) is 19.9 Å². The standard InChI is InChI=1S/C10H13N5/c1-4-10(2,3)9-14-7(11)6-8(15-9)13-5-12-6/h4-5H,1H2,2-3H3,(H3,11,12,13,14,15). The molecule has 78 valence electrons. The molecule has 0 aliphatic carbocycles. The Balaban J connectivity index is 2.68. The Bertz CT molecular complexity index is 512. The Morgan fingerprint density at radius 1 is 1.47 bits per heavy atom. The lowest BCUT2D eigenvalue weighted by atomic mass is 9.93. The minimum atomic E-state index is -0.304. The van der Waals surface area contributed by atoms with Gasteiger partial charge in [-0.25, -0.2) is 15.0 Å². The maximum atomic E-state index is 5.80. The molecule has 0 amide bonds. The van der Waals surface area contributed by atoms with Gasteiger partial charge >= 0.3 is 0 Å². The lowest BCUT2D eigenvalue weighted by Gasteiger charge is -2.17. The molecule has 0 aliphatic heterocycles. The summed E-state index contributed by atoms with van der Waals surface area (Å²) in [4.78, 5) is 15.5. The normalized spacial score (nSPS) is 11.9. The van der Waals surface area contributed by atoms with Crippen LogP contribution < -0.4 is 5.73 Å². The van der Waals surface area contributed by atoms with Crippen LogP contribution >= 0.6 is 0 Å². The second kappa shape index (κ2) is 3.05. The van der Waals surface area contributed by atoms with E-state index in [0.717, 1.165) is 0 Å². The van der Waals surface area contributed by atoms with Crippen molar-refractivity contribution in [2.24, 2.45) is 0 Å². The number of nitrogens with zero attached hydrogens (tertiary/aromatic N) is 3. The van der Waals surface area contributed by atoms with Gasteiger partial charge in [0.1, 0.15) is 11.3 Å². The van der Waals surface area contributed by atoms with Crippen LogP contribution in [-0.2, 0) is 5.41 Å². The van der Waals surface area contributed by atoms with Gasteiger partial charge in [-0.2, -0.15) is 0 Å². The SMILES string of the molecule is C=CC(C)(C)c1nc(N)c2[nH]cnc2n1. The number of imidazole rings is 1. The van der Waals surface area contributed by atoms with E-state index in [1.54, 1.807) is 12.4 Å². The van der Waals surface area contributed by atoms with Crippen molar-refractivity contribution in [1.29, 1.82) is 0 Å². The maximum Gasteiger partial charge on any atom is 0.183 e. The number of allylic oxidation sites excluding steroid dienone is 1. The lowest BCUT2D eigenvalue weighted by molar-refractivity contribution is 0.620. The zero-order valence-electron chi connectivity index (χ0n) is 8.78. The predicted octanol–water partition coefficient (Wildman–Crippen LogP) is 1.40. The van der Waals surface area contributed by atoms with Crippen LogP contribution in [0.15, 0.2) is 19.0 Å². The highest BCUT2D eigenvalue weighted by molar-refractivity contribution is 5.80. The molecule has 0 saturated heterocycles. The number of anilines is 1. The van der Waals surface area contributed by atoms with Crippen molar-refractivity contribution in [3.63, 3.8) is 0 Å². The summed E-state index contributed by atoms with van der Waals surface area (Å²) in [7, 11) is 0. The molecule has 5 heteroatoms. The van der Waals surface area contributed by atoms with E-state index in [0.29, 0.717) is 22.8 Å². The van der Waals surface area contributed by atoms with Crippen LogP contribution in [0.5, 0.6) is 0 Å². The molecule has 2 heterocycles. The molecule has 0 aliphatic rings. The zero-order valence-corrected chi connectivity index (χ0v) is 8.78. The highest BCUT2D eigenvalue weighted by Crippen LogP contribution is 2.23. The fourth-order valence-electron chi connectivity index (χ4n) is 1.24. The molecular formula is C10H13N5. The second-order valence-electron chi connectivity index (χ2n) is 3.96. The van der Waals surface area contributed by atoms with Crippen LogP contribution in [0.25, 0.3) is 11.2 Å². The number of fused-ring (bicyclic) bond motifs is 1. The molecule has 0 spiro atoms. The number of H-pyrrole nitrogens is 1. The Morgan fingerprint density at radius 2 is 2.20 bits per heavy atom. The van der Waals surface area contributed by atoms with E-state index >= 15 is 0 Å². The molecule has 0 fully saturated rings. The maximum absolute atomic E-state index is 5.80. The van der Waals surface area contributed by atoms with Gasteiger partial charge in [-0.15, -0.1) is 6.58 Å². The number of hydrogen-bond donors (Lipinski definition) is 2. The summed E-state index contributed by atoms with van der Waals surface area (Å²) in [5.74, 6) is 1.05. The van der Waals surface area contributed by atoms with Crippen LogP contribution in [0.2, 0.25) is 0 Å². The van der Waals surface area contributed by atoms with E-state index in [2.05, 4.69) is 26.5 Å². The van der Waals surface area contributed by atoms with Crippen molar-refractivity contribution >= 4 is 17.0 Å². The molecule has 15 heavy (non-hydrogen) atoms. The molecule has 0 saturated carbocycles. The third-order valence-corrected chi connectivity index (χ3v) is 2.40. The molecule has 2 aromatic heterocycles. The first-order chi connectivity index (χ1) is 7.04. The van der Waals surface area contributed by atoms with Crippen molar-refractivity contribution in [3.05, 3.63) is 24.8 Å². The summed E-state index contributed by atoms with van der Waals surface area (Å²) in [6.07, 6.45) is 3.35. The first-order valence-corrected chi connectivity index (χ1v) is 4.65. The first-order valence-electron chi connectivity index (χ1n) is 4.65. The molecule has 3 N–H and O–H groups in total. The smallest absolute Gasteiger partial charge is 0.183 e. The van der Waals surface area contributed by atoms with E-state index < -0.39 is 0 Å². The quantitative estimate of drug-likeness (QED) is 0.723. The van der Waals surface area contributed by atoms with Gasteiger partial charge in [0.25, 0.3) is 0 Å². The summed E-state index contributed by atoms with van der Waals surface area (Å²) >= 11 is 0. The van der Waals surface area contributed by atoms with Gasteiger partial charge in [-0.3, -0.25) is 0 Å². The van der Waals surface area contributed by atoms with Gasteiger partial charge < -0.3 is 10.7 Å². The molecule has 0 aromatic carbocycles. The van der Waals surface area contributed by atoms with E-state index in [1.807, 2.05) is 13.8 Å². The van der Waals surface area contributed by atoms with Gasteiger partial charge in [-0.1, -0.05) is 6.08 Å². The largest absolute Gasteiger partial charge is 0.382 e. The predicted molar refractivity (Wildman–Crippen MR) is 59.3 cm³/mol. The Kier molecular flexibility index (Phi) is 1.96. The molecular weight excluding hydrogens is 190 g/mol. The van der Waals surface area contributed by atoms with E-state index in [-0.39, 0.29) is 5.41 Å². The van der Waals surface area contributed by atoms with Gasteiger partial charge in [0.15, 0.2) is 11.5 Å². The number of nitrogens with two attached hydrogens (primary N) is 1. The molecule has 5 nitrogen and oxygen atoms in total. The molecule has 0 radical (unpaired) electrons. The topological polar surface area (TPSA) is 80.5 Å². The van der Waals surface area contributed by atoms with Crippen LogP contribution in [0.3, 0.4) is 0 Å². The van der Waals surface area contributed by atoms with E-state index in [4.69, 9.17) is 5.73 Å². The minimum Gasteiger partial charge on any atom is -0.382 e. The van der Waals surface area contributed by atoms with E-state index in [9.17, 15) is 0 Å². The summed E-state index contributed by atoms with van der Waals surface area (Å²) < 4.78 is 0.